The van der Waals surface area contributed by atoms with Gasteiger partial charge in [0.25, 0.3) is 0 Å². The number of rotatable bonds is 20. The first-order valence-electron chi connectivity index (χ1n) is 15.7. The number of Topliss-reactive ketones (excluding diaryl/α,β-unsaturated/α-hetero) is 2. The van der Waals surface area contributed by atoms with Crippen molar-refractivity contribution in [1.29, 1.82) is 5.41 Å². The van der Waals surface area contributed by atoms with Crippen molar-refractivity contribution in [2.75, 3.05) is 33.4 Å². The zero-order valence-corrected chi connectivity index (χ0v) is 25.7. The normalized spacial score (nSPS) is 15.7. The van der Waals surface area contributed by atoms with E-state index in [1.165, 1.54) is 12.6 Å². The third kappa shape index (κ3) is 10.7. The van der Waals surface area contributed by atoms with Gasteiger partial charge in [-0.05, 0) is 99.5 Å². The second kappa shape index (κ2) is 17.8. The lowest BCUT2D eigenvalue weighted by Gasteiger charge is -2.32. The van der Waals surface area contributed by atoms with Crippen LogP contribution in [0.15, 0.2) is 48.5 Å². The van der Waals surface area contributed by atoms with E-state index in [2.05, 4.69) is 18.7 Å². The molecule has 2 N–H and O–H groups in total. The van der Waals surface area contributed by atoms with Crippen LogP contribution in [-0.2, 0) is 4.79 Å². The summed E-state index contributed by atoms with van der Waals surface area (Å²) >= 11 is 0. The average molecular weight is 579 g/mol. The monoisotopic (exact) mass is 578 g/mol. The van der Waals surface area contributed by atoms with Gasteiger partial charge in [-0.1, -0.05) is 32.4 Å². The predicted molar refractivity (Wildman–Crippen MR) is 168 cm³/mol. The molecule has 230 valence electrons. The van der Waals surface area contributed by atoms with Gasteiger partial charge in [0.05, 0.1) is 25.7 Å². The fourth-order valence-corrected chi connectivity index (χ4v) is 5.65. The second-order valence-electron chi connectivity index (χ2n) is 11.9. The fraction of sp³-hybridized carbons (Fsp3) is 0.571. The summed E-state index contributed by atoms with van der Waals surface area (Å²) in [6.07, 6.45) is 7.71. The van der Waals surface area contributed by atoms with E-state index >= 15 is 0 Å². The highest BCUT2D eigenvalue weighted by Crippen LogP contribution is 2.32. The van der Waals surface area contributed by atoms with Crippen molar-refractivity contribution < 1.29 is 24.2 Å². The maximum Gasteiger partial charge on any atom is 0.162 e. The molecule has 1 heterocycles. The number of carbonyl (C=O) groups is 2. The molecule has 1 unspecified atom stereocenters. The number of hydrogen-bond acceptors (Lipinski definition) is 7. The maximum absolute atomic E-state index is 13.4. The molecule has 0 aliphatic carbocycles. The first-order valence-corrected chi connectivity index (χ1v) is 15.7. The molecule has 2 aromatic carbocycles. The highest BCUT2D eigenvalue weighted by Gasteiger charge is 2.34. The van der Waals surface area contributed by atoms with E-state index in [0.29, 0.717) is 49.6 Å². The van der Waals surface area contributed by atoms with Gasteiger partial charge in [-0.2, -0.15) is 0 Å². The Bertz CT molecular complexity index is 1090. The Morgan fingerprint density at radius 1 is 0.929 bits per heavy atom. The molecular formula is C35H50N2O5. The summed E-state index contributed by atoms with van der Waals surface area (Å²) in [6, 6.07) is 14.6. The topological polar surface area (TPSA) is 99.9 Å². The average Bonchev–Trinajstić information content (AvgIpc) is 3.52. The highest BCUT2D eigenvalue weighted by atomic mass is 16.5. The molecule has 0 aromatic heterocycles. The van der Waals surface area contributed by atoms with E-state index in [1.807, 2.05) is 24.3 Å². The van der Waals surface area contributed by atoms with Gasteiger partial charge in [-0.3, -0.25) is 9.59 Å². The van der Waals surface area contributed by atoms with Gasteiger partial charge in [0.1, 0.15) is 17.3 Å². The van der Waals surface area contributed by atoms with Crippen molar-refractivity contribution in [2.24, 2.45) is 17.8 Å². The molecule has 0 radical (unpaired) electrons. The summed E-state index contributed by atoms with van der Waals surface area (Å²) in [7, 11) is 1.59. The molecule has 2 aromatic rings. The number of methoxy groups -OCH3 is 1. The van der Waals surface area contributed by atoms with Crippen LogP contribution < -0.4 is 9.47 Å². The molecule has 1 aliphatic heterocycles. The summed E-state index contributed by atoms with van der Waals surface area (Å²) in [5, 5.41) is 19.7. The number of aliphatic hydroxyl groups is 1. The van der Waals surface area contributed by atoms with E-state index in [9.17, 15) is 14.7 Å². The molecule has 1 aliphatic rings. The number of benzene rings is 2. The Morgan fingerprint density at radius 3 is 2.19 bits per heavy atom. The van der Waals surface area contributed by atoms with Gasteiger partial charge < -0.3 is 24.9 Å². The molecule has 0 amide bonds. The molecule has 3 rings (SSSR count). The quantitative estimate of drug-likeness (QED) is 0.100. The van der Waals surface area contributed by atoms with Crippen LogP contribution in [0.2, 0.25) is 0 Å². The minimum atomic E-state index is -0.877. The van der Waals surface area contributed by atoms with E-state index in [1.54, 1.807) is 31.4 Å². The van der Waals surface area contributed by atoms with Crippen LogP contribution in [0.1, 0.15) is 93.7 Å². The molecule has 7 nitrogen and oxygen atoms in total. The van der Waals surface area contributed by atoms with Gasteiger partial charge in [-0.15, -0.1) is 0 Å². The number of aliphatic hydroxyl groups excluding tert-OH is 1. The third-order valence-corrected chi connectivity index (χ3v) is 8.24. The number of ketones is 2. The Kier molecular flexibility index (Phi) is 14.2. The molecule has 0 spiro atoms. The Labute approximate surface area is 252 Å². The number of unbranched alkanes of at least 4 members (excludes halogenated alkanes) is 2. The molecular weight excluding hydrogens is 528 g/mol. The SMILES string of the molecule is COc1ccc(C(=O)CCCCC(=O)C(C=N)[C@H](CN2CCCC2)[C@H](O)c2ccc(OCCCCC(C)C)cc2)cc1. The van der Waals surface area contributed by atoms with Gasteiger partial charge in [0.2, 0.25) is 0 Å². The van der Waals surface area contributed by atoms with Crippen molar-refractivity contribution in [1.82, 2.24) is 4.90 Å². The van der Waals surface area contributed by atoms with Gasteiger partial charge >= 0.3 is 0 Å². The highest BCUT2D eigenvalue weighted by molar-refractivity contribution is 5.96. The van der Waals surface area contributed by atoms with E-state index in [0.717, 1.165) is 50.1 Å². The van der Waals surface area contributed by atoms with E-state index in [-0.39, 0.29) is 18.0 Å². The number of likely N-dealkylation sites (tertiary alicyclic amines) is 1. The van der Waals surface area contributed by atoms with Crippen LogP contribution in [0.3, 0.4) is 0 Å². The number of carbonyl (C=O) groups excluding carboxylic acids is 2. The first kappa shape index (κ1) is 33.5. The lowest BCUT2D eigenvalue weighted by molar-refractivity contribution is -0.124. The van der Waals surface area contributed by atoms with E-state index < -0.39 is 17.9 Å². The maximum atomic E-state index is 13.4. The summed E-state index contributed by atoms with van der Waals surface area (Å²) in [6.45, 7) is 7.58. The van der Waals surface area contributed by atoms with Crippen LogP contribution in [-0.4, -0.2) is 61.1 Å². The smallest absolute Gasteiger partial charge is 0.162 e. The lowest BCUT2D eigenvalue weighted by Crippen LogP contribution is -2.38. The minimum absolute atomic E-state index is 0.0408. The zero-order chi connectivity index (χ0) is 30.3. The van der Waals surface area contributed by atoms with Crippen LogP contribution >= 0.6 is 0 Å². The van der Waals surface area contributed by atoms with Gasteiger partial charge in [0.15, 0.2) is 5.78 Å². The summed E-state index contributed by atoms with van der Waals surface area (Å²) in [5.74, 6) is 1.06. The standard InChI is InChI=1S/C35H50N2O5/c1-26(2)10-6-9-23-42-30-19-15-28(16-20-30)35(40)32(25-37-21-7-8-22-37)31(24-36)34(39)12-5-4-11-33(38)27-13-17-29(41-3)18-14-27/h13-20,24,26,31-32,35-36,40H,4-12,21-23,25H2,1-3H3/t31?,32-,35+/m0/s1. The molecule has 7 heteroatoms. The first-order chi connectivity index (χ1) is 20.3. The molecule has 0 saturated carbocycles. The van der Waals surface area contributed by atoms with Crippen LogP contribution in [0.5, 0.6) is 11.5 Å². The molecule has 1 saturated heterocycles. The van der Waals surface area contributed by atoms with Gasteiger partial charge in [-0.25, -0.2) is 0 Å². The minimum Gasteiger partial charge on any atom is -0.497 e. The summed E-state index contributed by atoms with van der Waals surface area (Å²) in [4.78, 5) is 28.2. The van der Waals surface area contributed by atoms with Crippen LogP contribution in [0.4, 0.5) is 0 Å². The van der Waals surface area contributed by atoms with Crippen molar-refractivity contribution in [2.45, 2.75) is 77.7 Å². The lowest BCUT2D eigenvalue weighted by atomic mass is 9.80. The summed E-state index contributed by atoms with van der Waals surface area (Å²) < 4.78 is 11.0. The third-order valence-electron chi connectivity index (χ3n) is 8.24. The summed E-state index contributed by atoms with van der Waals surface area (Å²) in [5.41, 5.74) is 1.37. The van der Waals surface area contributed by atoms with Gasteiger partial charge in [0, 0.05) is 37.1 Å². The Hall–Kier alpha value is -3.03. The van der Waals surface area contributed by atoms with Crippen molar-refractivity contribution >= 4 is 17.8 Å². The molecule has 3 atom stereocenters. The van der Waals surface area contributed by atoms with Crippen LogP contribution in [0, 0.1) is 23.2 Å². The molecule has 0 bridgehead atoms. The van der Waals surface area contributed by atoms with E-state index in [4.69, 9.17) is 14.9 Å². The number of nitrogens with one attached hydrogen (secondary N) is 1. The number of nitrogens with zero attached hydrogens (tertiary/aromatic N) is 1. The second-order valence-corrected chi connectivity index (χ2v) is 11.9. The van der Waals surface area contributed by atoms with Crippen molar-refractivity contribution in [3.05, 3.63) is 59.7 Å². The fourth-order valence-electron chi connectivity index (χ4n) is 5.65. The number of hydrogen-bond donors (Lipinski definition) is 2. The van der Waals surface area contributed by atoms with Crippen LogP contribution in [0.25, 0.3) is 0 Å². The Balaban J connectivity index is 1.57. The number of ether oxygens (including phenoxy) is 2. The predicted octanol–water partition coefficient (Wildman–Crippen LogP) is 6.92. The molecule has 42 heavy (non-hydrogen) atoms. The van der Waals surface area contributed by atoms with Crippen molar-refractivity contribution in [3.63, 3.8) is 0 Å². The van der Waals surface area contributed by atoms with Crippen molar-refractivity contribution in [3.8, 4) is 11.5 Å². The molecule has 1 fully saturated rings. The largest absolute Gasteiger partial charge is 0.497 e. The zero-order valence-electron chi connectivity index (χ0n) is 25.7. The Morgan fingerprint density at radius 2 is 1.57 bits per heavy atom.